The van der Waals surface area contributed by atoms with E-state index in [1.54, 1.807) is 36.4 Å². The minimum absolute atomic E-state index is 0.0403. The van der Waals surface area contributed by atoms with Crippen molar-refractivity contribution in [3.8, 4) is 0 Å². The van der Waals surface area contributed by atoms with E-state index < -0.39 is 0 Å². The lowest BCUT2D eigenvalue weighted by atomic mass is 9.53. The van der Waals surface area contributed by atoms with Crippen molar-refractivity contribution in [2.75, 3.05) is 22.5 Å². The van der Waals surface area contributed by atoms with Crippen LogP contribution in [0.4, 0.5) is 26.7 Å². The minimum Gasteiger partial charge on any atom is -0.338 e. The molecule has 5 N–H and O–H groups in total. The quantitative estimate of drug-likeness (QED) is 0.392. The smallest absolute Gasteiger partial charge is 0.323 e. The predicted molar refractivity (Wildman–Crippen MR) is 136 cm³/mol. The van der Waals surface area contributed by atoms with Crippen LogP contribution in [0.25, 0.3) is 0 Å². The van der Waals surface area contributed by atoms with E-state index in [1.165, 1.54) is 19.3 Å². The van der Waals surface area contributed by atoms with Crippen LogP contribution in [-0.4, -0.2) is 30.1 Å². The fourth-order valence-electron chi connectivity index (χ4n) is 6.55. The van der Waals surface area contributed by atoms with Crippen molar-refractivity contribution in [3.05, 3.63) is 54.6 Å². The second-order valence-corrected chi connectivity index (χ2v) is 10.4. The molecule has 4 fully saturated rings. The van der Waals surface area contributed by atoms with Gasteiger partial charge in [0.15, 0.2) is 0 Å². The van der Waals surface area contributed by atoms with Crippen LogP contribution in [0.2, 0.25) is 0 Å². The highest BCUT2D eigenvalue weighted by atomic mass is 16.2. The third kappa shape index (κ3) is 5.93. The SMILES string of the molecule is O=C(CCNC(=O)NC12CC3CC(CC(C3)C1)C2)Nc1cccc(NC(=O)Nc2ccccc2)c1. The monoisotopic (exact) mass is 475 g/mol. The Bertz CT molecular complexity index is 1050. The van der Waals surface area contributed by atoms with Gasteiger partial charge in [0.25, 0.3) is 0 Å². The van der Waals surface area contributed by atoms with E-state index >= 15 is 0 Å². The van der Waals surface area contributed by atoms with Crippen molar-refractivity contribution in [1.29, 1.82) is 0 Å². The van der Waals surface area contributed by atoms with Gasteiger partial charge < -0.3 is 26.6 Å². The molecule has 0 aromatic heterocycles. The van der Waals surface area contributed by atoms with E-state index in [9.17, 15) is 14.4 Å². The summed E-state index contributed by atoms with van der Waals surface area (Å²) in [6.45, 7) is 0.265. The molecule has 6 rings (SSSR count). The maximum absolute atomic E-state index is 12.5. The van der Waals surface area contributed by atoms with Crippen molar-refractivity contribution >= 4 is 35.0 Å². The molecule has 4 aliphatic carbocycles. The average molecular weight is 476 g/mol. The number of carbonyl (C=O) groups is 3. The van der Waals surface area contributed by atoms with Crippen LogP contribution in [0.5, 0.6) is 0 Å². The summed E-state index contributed by atoms with van der Waals surface area (Å²) in [5.74, 6) is 2.09. The van der Waals surface area contributed by atoms with Gasteiger partial charge >= 0.3 is 12.1 Å². The minimum atomic E-state index is -0.367. The van der Waals surface area contributed by atoms with E-state index in [0.717, 1.165) is 37.0 Å². The molecule has 0 radical (unpaired) electrons. The van der Waals surface area contributed by atoms with E-state index in [-0.39, 0.29) is 36.5 Å². The molecule has 0 spiro atoms. The number of para-hydroxylation sites is 1. The van der Waals surface area contributed by atoms with Gasteiger partial charge in [-0.2, -0.15) is 0 Å². The molecule has 0 aliphatic heterocycles. The van der Waals surface area contributed by atoms with Crippen LogP contribution < -0.4 is 26.6 Å². The predicted octanol–water partition coefficient (Wildman–Crippen LogP) is 4.93. The molecule has 4 bridgehead atoms. The van der Waals surface area contributed by atoms with Crippen LogP contribution in [0.1, 0.15) is 44.9 Å². The van der Waals surface area contributed by atoms with Crippen LogP contribution in [0, 0.1) is 17.8 Å². The van der Waals surface area contributed by atoms with Crippen LogP contribution in [0.3, 0.4) is 0 Å². The molecule has 2 aromatic carbocycles. The van der Waals surface area contributed by atoms with E-state index in [4.69, 9.17) is 0 Å². The highest BCUT2D eigenvalue weighted by Crippen LogP contribution is 2.55. The zero-order chi connectivity index (χ0) is 24.3. The molecule has 5 amide bonds. The largest absolute Gasteiger partial charge is 0.338 e. The lowest BCUT2D eigenvalue weighted by Crippen LogP contribution is -2.61. The molecule has 2 aromatic rings. The molecule has 4 saturated carbocycles. The molecule has 4 aliphatic rings. The van der Waals surface area contributed by atoms with Gasteiger partial charge in [0.1, 0.15) is 0 Å². The van der Waals surface area contributed by atoms with Gasteiger partial charge in [0.2, 0.25) is 5.91 Å². The standard InChI is InChI=1S/C27H33N5O3/c33-24(9-10-28-25(34)32-27-15-18-11-19(16-27)13-20(12-18)17-27)29-22-7-4-8-23(14-22)31-26(35)30-21-5-2-1-3-6-21/h1-8,14,18-20H,9-13,15-17H2,(H,29,33)(H2,28,32,34)(H2,30,31,35). The number of rotatable bonds is 7. The third-order valence-corrected chi connectivity index (χ3v) is 7.49. The molecule has 35 heavy (non-hydrogen) atoms. The number of carbonyl (C=O) groups excluding carboxylic acids is 3. The first-order chi connectivity index (χ1) is 16.9. The van der Waals surface area contributed by atoms with Gasteiger partial charge in [-0.05, 0) is 86.6 Å². The van der Waals surface area contributed by atoms with E-state index in [2.05, 4.69) is 26.6 Å². The zero-order valence-electron chi connectivity index (χ0n) is 19.8. The van der Waals surface area contributed by atoms with Crippen molar-refractivity contribution in [2.24, 2.45) is 17.8 Å². The third-order valence-electron chi connectivity index (χ3n) is 7.49. The Morgan fingerprint density at radius 2 is 1.29 bits per heavy atom. The summed E-state index contributed by atoms with van der Waals surface area (Å²) in [5.41, 5.74) is 1.78. The van der Waals surface area contributed by atoms with Gasteiger partial charge in [-0.25, -0.2) is 9.59 Å². The van der Waals surface area contributed by atoms with Crippen LogP contribution >= 0.6 is 0 Å². The van der Waals surface area contributed by atoms with Crippen molar-refractivity contribution in [1.82, 2.24) is 10.6 Å². The normalized spacial score (nSPS) is 26.0. The maximum Gasteiger partial charge on any atom is 0.323 e. The summed E-state index contributed by atoms with van der Waals surface area (Å²) >= 11 is 0. The highest BCUT2D eigenvalue weighted by molar-refractivity contribution is 6.00. The number of anilines is 3. The molecular weight excluding hydrogens is 442 g/mol. The van der Waals surface area contributed by atoms with Crippen LogP contribution in [0.15, 0.2) is 54.6 Å². The van der Waals surface area contributed by atoms with Gasteiger partial charge in [0.05, 0.1) is 0 Å². The van der Waals surface area contributed by atoms with Crippen molar-refractivity contribution in [3.63, 3.8) is 0 Å². The second-order valence-electron chi connectivity index (χ2n) is 10.4. The first kappa shape index (κ1) is 23.2. The van der Waals surface area contributed by atoms with Crippen molar-refractivity contribution in [2.45, 2.75) is 50.5 Å². The topological polar surface area (TPSA) is 111 Å². The highest BCUT2D eigenvalue weighted by Gasteiger charge is 2.51. The fraction of sp³-hybridized carbons (Fsp3) is 0.444. The molecule has 0 unspecified atom stereocenters. The molecule has 8 nitrogen and oxygen atoms in total. The summed E-state index contributed by atoms with van der Waals surface area (Å²) < 4.78 is 0. The Labute approximate surface area is 205 Å². The summed E-state index contributed by atoms with van der Waals surface area (Å²) in [5, 5.41) is 14.5. The maximum atomic E-state index is 12.5. The number of nitrogens with one attached hydrogen (secondary N) is 5. The molecule has 184 valence electrons. The fourth-order valence-corrected chi connectivity index (χ4v) is 6.55. The molecule has 0 saturated heterocycles. The van der Waals surface area contributed by atoms with Gasteiger partial charge in [0, 0.05) is 35.6 Å². The summed E-state index contributed by atoms with van der Waals surface area (Å²) in [7, 11) is 0. The molecular formula is C27H33N5O3. The Morgan fingerprint density at radius 3 is 1.94 bits per heavy atom. The Morgan fingerprint density at radius 1 is 0.714 bits per heavy atom. The zero-order valence-corrected chi connectivity index (χ0v) is 19.8. The molecule has 8 heteroatoms. The average Bonchev–Trinajstić information content (AvgIpc) is 2.78. The summed E-state index contributed by atoms with van der Waals surface area (Å²) in [6, 6.07) is 15.6. The first-order valence-corrected chi connectivity index (χ1v) is 12.5. The number of hydrogen-bond acceptors (Lipinski definition) is 3. The summed E-state index contributed by atoms with van der Waals surface area (Å²) in [6.07, 6.45) is 7.45. The lowest BCUT2D eigenvalue weighted by Gasteiger charge is -2.56. The number of hydrogen-bond donors (Lipinski definition) is 5. The van der Waals surface area contributed by atoms with Gasteiger partial charge in [-0.1, -0.05) is 24.3 Å². The lowest BCUT2D eigenvalue weighted by molar-refractivity contribution is -0.116. The van der Waals surface area contributed by atoms with E-state index in [1.807, 2.05) is 18.2 Å². The number of amides is 5. The molecule has 0 atom stereocenters. The first-order valence-electron chi connectivity index (χ1n) is 12.5. The Kier molecular flexibility index (Phi) is 6.61. The van der Waals surface area contributed by atoms with Gasteiger partial charge in [-0.3, -0.25) is 4.79 Å². The Hall–Kier alpha value is -3.55. The number of urea groups is 2. The molecule has 0 heterocycles. The van der Waals surface area contributed by atoms with Gasteiger partial charge in [-0.15, -0.1) is 0 Å². The van der Waals surface area contributed by atoms with Crippen molar-refractivity contribution < 1.29 is 14.4 Å². The second kappa shape index (κ2) is 9.98. The van der Waals surface area contributed by atoms with Crippen LogP contribution in [-0.2, 0) is 4.79 Å². The summed E-state index contributed by atoms with van der Waals surface area (Å²) in [4.78, 5) is 37.1. The van der Waals surface area contributed by atoms with E-state index in [0.29, 0.717) is 17.1 Å². The Balaban J connectivity index is 1.04. The number of benzene rings is 2.